The van der Waals surface area contributed by atoms with Crippen LogP contribution in [0.25, 0.3) is 0 Å². The molecule has 1 aliphatic rings. The Morgan fingerprint density at radius 1 is 0.667 bits per heavy atom. The van der Waals surface area contributed by atoms with Gasteiger partial charge in [-0.2, -0.15) is 0 Å². The minimum atomic E-state index is 0.980. The first-order valence-electron chi connectivity index (χ1n) is 7.69. The maximum absolute atomic E-state index is 2.48. The zero-order chi connectivity index (χ0) is 15.0. The van der Waals surface area contributed by atoms with Gasteiger partial charge in [-0.25, -0.2) is 0 Å². The van der Waals surface area contributed by atoms with Crippen LogP contribution in [0.15, 0.2) is 36.4 Å². The Morgan fingerprint density at radius 2 is 1.10 bits per heavy atom. The van der Waals surface area contributed by atoms with Crippen molar-refractivity contribution in [3.8, 4) is 0 Å². The van der Waals surface area contributed by atoms with Crippen LogP contribution in [0.3, 0.4) is 0 Å². The molecule has 0 spiro atoms. The topological polar surface area (TPSA) is 6.48 Å². The Balaban J connectivity index is 1.82. The summed E-state index contributed by atoms with van der Waals surface area (Å²) in [5, 5.41) is 0. The van der Waals surface area contributed by atoms with E-state index in [1.165, 1.54) is 33.6 Å². The number of anilines is 2. The Hall–Kier alpha value is -1.96. The van der Waals surface area contributed by atoms with Crippen LogP contribution in [0.2, 0.25) is 0 Å². The molecule has 0 atom stereocenters. The first-order valence-corrected chi connectivity index (χ1v) is 7.69. The van der Waals surface area contributed by atoms with E-state index < -0.39 is 0 Å². The second-order valence-electron chi connectivity index (χ2n) is 6.25. The van der Waals surface area contributed by atoms with Crippen molar-refractivity contribution in [2.24, 2.45) is 0 Å². The summed E-state index contributed by atoms with van der Waals surface area (Å²) in [6.07, 6.45) is 0. The summed E-state index contributed by atoms with van der Waals surface area (Å²) in [5.74, 6) is 0. The van der Waals surface area contributed by atoms with Crippen molar-refractivity contribution in [3.63, 3.8) is 0 Å². The highest BCUT2D eigenvalue weighted by Gasteiger charge is 2.22. The van der Waals surface area contributed by atoms with E-state index in [9.17, 15) is 0 Å². The fourth-order valence-corrected chi connectivity index (χ4v) is 3.30. The van der Waals surface area contributed by atoms with Crippen LogP contribution in [0.5, 0.6) is 0 Å². The van der Waals surface area contributed by atoms with Crippen molar-refractivity contribution in [1.29, 1.82) is 0 Å². The summed E-state index contributed by atoms with van der Waals surface area (Å²) in [5.41, 5.74) is 8.15. The van der Waals surface area contributed by atoms with Gasteiger partial charge >= 0.3 is 0 Å². The number of benzene rings is 2. The van der Waals surface area contributed by atoms with E-state index in [0.717, 1.165) is 19.8 Å². The summed E-state index contributed by atoms with van der Waals surface area (Å²) in [4.78, 5) is 4.96. The van der Waals surface area contributed by atoms with Gasteiger partial charge in [0.1, 0.15) is 0 Å². The summed E-state index contributed by atoms with van der Waals surface area (Å²) in [6.45, 7) is 11.9. The standard InChI is InChI=1S/C19H24N2/c1-14-5-7-18(16(3)11-14)20-9-10-21(13-20)19-8-6-15(2)12-17(19)4/h5-8,11-12H,9-10,13H2,1-4H3. The Morgan fingerprint density at radius 3 is 1.48 bits per heavy atom. The molecule has 21 heavy (non-hydrogen) atoms. The molecule has 0 radical (unpaired) electrons. The van der Waals surface area contributed by atoms with Crippen LogP contribution in [-0.2, 0) is 0 Å². The molecule has 110 valence electrons. The average molecular weight is 280 g/mol. The second kappa shape index (κ2) is 5.44. The van der Waals surface area contributed by atoms with Crippen molar-refractivity contribution < 1.29 is 0 Å². The molecule has 2 aromatic carbocycles. The number of nitrogens with zero attached hydrogens (tertiary/aromatic N) is 2. The summed E-state index contributed by atoms with van der Waals surface area (Å²) in [7, 11) is 0. The van der Waals surface area contributed by atoms with Gasteiger partial charge in [-0.05, 0) is 51.0 Å². The number of aryl methyl sites for hydroxylation is 4. The van der Waals surface area contributed by atoms with Crippen LogP contribution in [0.1, 0.15) is 22.3 Å². The van der Waals surface area contributed by atoms with Crippen molar-refractivity contribution in [3.05, 3.63) is 58.7 Å². The van der Waals surface area contributed by atoms with E-state index >= 15 is 0 Å². The SMILES string of the molecule is Cc1ccc(N2CCN(c3ccc(C)cc3C)C2)c(C)c1. The Labute approximate surface area is 128 Å². The molecule has 0 aliphatic carbocycles. The van der Waals surface area contributed by atoms with Gasteiger partial charge in [0, 0.05) is 24.5 Å². The van der Waals surface area contributed by atoms with E-state index in [-0.39, 0.29) is 0 Å². The molecule has 0 bridgehead atoms. The summed E-state index contributed by atoms with van der Waals surface area (Å²) in [6, 6.07) is 13.5. The first kappa shape index (κ1) is 14.0. The number of hydrogen-bond donors (Lipinski definition) is 0. The van der Waals surface area contributed by atoms with Crippen LogP contribution < -0.4 is 9.80 Å². The molecule has 1 heterocycles. The highest BCUT2D eigenvalue weighted by Crippen LogP contribution is 2.28. The van der Waals surface area contributed by atoms with Crippen LogP contribution in [0, 0.1) is 27.7 Å². The van der Waals surface area contributed by atoms with E-state index in [1.807, 2.05) is 0 Å². The largest absolute Gasteiger partial charge is 0.352 e. The third kappa shape index (κ3) is 2.76. The molecule has 0 amide bonds. The molecule has 1 saturated heterocycles. The molecule has 2 aromatic rings. The smallest absolute Gasteiger partial charge is 0.0904 e. The van der Waals surface area contributed by atoms with Gasteiger partial charge in [-0.3, -0.25) is 0 Å². The lowest BCUT2D eigenvalue weighted by molar-refractivity contribution is 0.939. The lowest BCUT2D eigenvalue weighted by atomic mass is 10.1. The zero-order valence-electron chi connectivity index (χ0n) is 13.5. The predicted octanol–water partition coefficient (Wildman–Crippen LogP) is 4.20. The van der Waals surface area contributed by atoms with E-state index in [0.29, 0.717) is 0 Å². The van der Waals surface area contributed by atoms with Crippen molar-refractivity contribution in [2.75, 3.05) is 29.6 Å². The Kier molecular flexibility index (Phi) is 3.62. The molecule has 2 heteroatoms. The van der Waals surface area contributed by atoms with Gasteiger partial charge in [0.05, 0.1) is 6.67 Å². The van der Waals surface area contributed by atoms with Crippen molar-refractivity contribution in [2.45, 2.75) is 27.7 Å². The van der Waals surface area contributed by atoms with Gasteiger partial charge in [0.2, 0.25) is 0 Å². The number of hydrogen-bond acceptors (Lipinski definition) is 2. The molecule has 1 aliphatic heterocycles. The molecule has 0 unspecified atom stereocenters. The van der Waals surface area contributed by atoms with Gasteiger partial charge in [0.15, 0.2) is 0 Å². The fraction of sp³-hybridized carbons (Fsp3) is 0.368. The molecular weight excluding hydrogens is 256 g/mol. The maximum Gasteiger partial charge on any atom is 0.0904 e. The molecule has 0 saturated carbocycles. The van der Waals surface area contributed by atoms with E-state index in [1.54, 1.807) is 0 Å². The van der Waals surface area contributed by atoms with E-state index in [2.05, 4.69) is 73.9 Å². The van der Waals surface area contributed by atoms with Gasteiger partial charge in [-0.15, -0.1) is 0 Å². The average Bonchev–Trinajstić information content (AvgIpc) is 2.87. The quantitative estimate of drug-likeness (QED) is 0.813. The molecule has 0 aromatic heterocycles. The van der Waals surface area contributed by atoms with Crippen LogP contribution in [0.4, 0.5) is 11.4 Å². The summed E-state index contributed by atoms with van der Waals surface area (Å²) < 4.78 is 0. The maximum atomic E-state index is 2.48. The monoisotopic (exact) mass is 280 g/mol. The zero-order valence-corrected chi connectivity index (χ0v) is 13.5. The van der Waals surface area contributed by atoms with Crippen molar-refractivity contribution >= 4 is 11.4 Å². The van der Waals surface area contributed by atoms with E-state index in [4.69, 9.17) is 0 Å². The van der Waals surface area contributed by atoms with Crippen LogP contribution in [-0.4, -0.2) is 19.8 Å². The fourth-order valence-electron chi connectivity index (χ4n) is 3.30. The van der Waals surface area contributed by atoms with Gasteiger partial charge in [-0.1, -0.05) is 35.4 Å². The lowest BCUT2D eigenvalue weighted by Gasteiger charge is -2.24. The third-order valence-electron chi connectivity index (χ3n) is 4.37. The highest BCUT2D eigenvalue weighted by molar-refractivity contribution is 5.61. The Bertz CT molecular complexity index is 603. The lowest BCUT2D eigenvalue weighted by Crippen LogP contribution is -2.25. The number of rotatable bonds is 2. The normalized spacial score (nSPS) is 14.9. The van der Waals surface area contributed by atoms with Gasteiger partial charge in [0.25, 0.3) is 0 Å². The molecule has 2 nitrogen and oxygen atoms in total. The first-order chi connectivity index (χ1) is 10.0. The molecule has 3 rings (SSSR count). The molecule has 1 fully saturated rings. The molecule has 0 N–H and O–H groups in total. The minimum absolute atomic E-state index is 0.980. The third-order valence-corrected chi connectivity index (χ3v) is 4.37. The van der Waals surface area contributed by atoms with Gasteiger partial charge < -0.3 is 9.80 Å². The predicted molar refractivity (Wildman–Crippen MR) is 91.4 cm³/mol. The highest BCUT2D eigenvalue weighted by atomic mass is 15.4. The summed E-state index contributed by atoms with van der Waals surface area (Å²) >= 11 is 0. The minimum Gasteiger partial charge on any atom is -0.352 e. The van der Waals surface area contributed by atoms with Crippen LogP contribution >= 0.6 is 0 Å². The van der Waals surface area contributed by atoms with Crippen molar-refractivity contribution in [1.82, 2.24) is 0 Å². The molecular formula is C19H24N2. The second-order valence-corrected chi connectivity index (χ2v) is 6.25.